The molecule has 234 valence electrons. The summed E-state index contributed by atoms with van der Waals surface area (Å²) in [6.07, 6.45) is -10.9. The molecule has 1 aliphatic carbocycles. The number of anilines is 2. The Bertz CT molecular complexity index is 1420. The Morgan fingerprint density at radius 1 is 0.837 bits per heavy atom. The van der Waals surface area contributed by atoms with Crippen LogP contribution in [0.2, 0.25) is 0 Å². The van der Waals surface area contributed by atoms with Gasteiger partial charge >= 0.3 is 18.5 Å². The number of aromatic nitrogens is 4. The minimum atomic E-state index is -5.05. The van der Waals surface area contributed by atoms with E-state index in [1.54, 1.807) is 0 Å². The van der Waals surface area contributed by atoms with Crippen LogP contribution in [-0.4, -0.2) is 33.3 Å². The van der Waals surface area contributed by atoms with Crippen LogP contribution in [0.15, 0.2) is 30.3 Å². The molecule has 1 unspecified atom stereocenters. The fourth-order valence-electron chi connectivity index (χ4n) is 5.83. The zero-order valence-electron chi connectivity index (χ0n) is 23.3. The summed E-state index contributed by atoms with van der Waals surface area (Å²) in [5.74, 6) is 0.248. The van der Waals surface area contributed by atoms with Crippen molar-refractivity contribution in [3.8, 4) is 0 Å². The first-order valence-corrected chi connectivity index (χ1v) is 13.8. The largest absolute Gasteiger partial charge is 0.416 e. The van der Waals surface area contributed by atoms with E-state index >= 15 is 0 Å². The van der Waals surface area contributed by atoms with Crippen molar-refractivity contribution in [1.29, 1.82) is 0 Å². The molecule has 2 aromatic carbocycles. The molecule has 1 aliphatic heterocycles. The molecule has 15 heteroatoms. The fraction of sp³-hybridized carbons (Fsp3) is 0.536. The van der Waals surface area contributed by atoms with Crippen molar-refractivity contribution < 1.29 is 39.5 Å². The van der Waals surface area contributed by atoms with Crippen LogP contribution < -0.4 is 9.80 Å². The molecule has 0 amide bonds. The van der Waals surface area contributed by atoms with E-state index in [1.807, 2.05) is 4.90 Å². The molecular weight excluding hydrogens is 591 g/mol. The lowest BCUT2D eigenvalue weighted by Gasteiger charge is -2.36. The van der Waals surface area contributed by atoms with E-state index in [0.29, 0.717) is 55.2 Å². The number of halogens is 9. The third kappa shape index (κ3) is 6.69. The molecule has 1 aromatic heterocycles. The van der Waals surface area contributed by atoms with Gasteiger partial charge in [-0.1, -0.05) is 17.6 Å². The van der Waals surface area contributed by atoms with Crippen molar-refractivity contribution in [3.63, 3.8) is 0 Å². The van der Waals surface area contributed by atoms with Crippen LogP contribution in [0, 0.1) is 12.8 Å². The molecule has 43 heavy (non-hydrogen) atoms. The number of alkyl halides is 9. The number of rotatable bonds is 6. The number of fused-ring (bicyclic) bond motifs is 1. The van der Waals surface area contributed by atoms with Crippen LogP contribution in [0.5, 0.6) is 0 Å². The first kappa shape index (κ1) is 30.9. The fourth-order valence-corrected chi connectivity index (χ4v) is 5.83. The molecule has 0 spiro atoms. The molecule has 0 N–H and O–H groups in total. The van der Waals surface area contributed by atoms with Crippen molar-refractivity contribution in [2.75, 3.05) is 22.9 Å². The Kier molecular flexibility index (Phi) is 8.05. The zero-order valence-corrected chi connectivity index (χ0v) is 23.3. The summed E-state index contributed by atoms with van der Waals surface area (Å²) < 4.78 is 124. The molecule has 0 saturated heterocycles. The zero-order chi connectivity index (χ0) is 31.3. The van der Waals surface area contributed by atoms with Crippen LogP contribution in [0.3, 0.4) is 0 Å². The highest BCUT2D eigenvalue weighted by molar-refractivity contribution is 5.62. The van der Waals surface area contributed by atoms with Crippen LogP contribution in [0.4, 0.5) is 51.1 Å². The highest BCUT2D eigenvalue weighted by Crippen LogP contribution is 2.45. The maximum Gasteiger partial charge on any atom is 0.416 e. The highest BCUT2D eigenvalue weighted by Gasteiger charge is 2.40. The lowest BCUT2D eigenvalue weighted by Crippen LogP contribution is -2.34. The standard InChI is InChI=1S/C28H29F9N6/c1-16-9-21-23(7-4-8-42(14-17-5-3-6-17)24(21)13-22(16)28(35,36)37)43(25-38-40-41(2)39-25)15-18-10-19(26(29,30)31)12-20(11-18)27(32,33)34/h9-13,17,23H,3-8,14-15H2,1-2H3. The van der Waals surface area contributed by atoms with Gasteiger partial charge in [0, 0.05) is 25.3 Å². The molecule has 2 heterocycles. The molecule has 1 atom stereocenters. The average molecular weight is 621 g/mol. The molecule has 2 aliphatic rings. The lowest BCUT2D eigenvalue weighted by atomic mass is 9.85. The van der Waals surface area contributed by atoms with Gasteiger partial charge in [-0.05, 0) is 84.7 Å². The molecule has 1 saturated carbocycles. The van der Waals surface area contributed by atoms with E-state index in [-0.39, 0.29) is 23.1 Å². The summed E-state index contributed by atoms with van der Waals surface area (Å²) in [7, 11) is 1.45. The molecule has 3 aromatic rings. The average Bonchev–Trinajstić information content (AvgIpc) is 3.22. The van der Waals surface area contributed by atoms with E-state index in [4.69, 9.17) is 0 Å². The summed E-state index contributed by atoms with van der Waals surface area (Å²) in [5, 5.41) is 12.0. The quantitative estimate of drug-likeness (QED) is 0.264. The summed E-state index contributed by atoms with van der Waals surface area (Å²) in [5.41, 5.74) is -3.30. The van der Waals surface area contributed by atoms with Crippen LogP contribution in [0.25, 0.3) is 0 Å². The van der Waals surface area contributed by atoms with Gasteiger partial charge in [0.05, 0.1) is 29.8 Å². The van der Waals surface area contributed by atoms with Crippen molar-refractivity contribution in [3.05, 3.63) is 63.7 Å². The molecule has 0 radical (unpaired) electrons. The number of nitrogens with zero attached hydrogens (tertiary/aromatic N) is 6. The van der Waals surface area contributed by atoms with E-state index in [2.05, 4.69) is 15.4 Å². The third-order valence-corrected chi connectivity index (χ3v) is 8.12. The van der Waals surface area contributed by atoms with Crippen LogP contribution >= 0.6 is 0 Å². The minimum Gasteiger partial charge on any atom is -0.371 e. The van der Waals surface area contributed by atoms with Gasteiger partial charge < -0.3 is 9.80 Å². The van der Waals surface area contributed by atoms with Gasteiger partial charge in [-0.15, -0.1) is 5.10 Å². The summed E-state index contributed by atoms with van der Waals surface area (Å²) in [6, 6.07) is 3.08. The third-order valence-electron chi connectivity index (χ3n) is 8.12. The first-order valence-electron chi connectivity index (χ1n) is 13.8. The SMILES string of the molecule is Cc1cc2c(cc1C(F)(F)F)N(CC1CCC1)CCCC2N(Cc1cc(C(F)(F)F)cc(C(F)(F)F)c1)c1nnn(C)n1. The Labute approximate surface area is 241 Å². The topological polar surface area (TPSA) is 50.1 Å². The maximum absolute atomic E-state index is 14.0. The molecule has 1 fully saturated rings. The Hall–Kier alpha value is -3.52. The van der Waals surface area contributed by atoms with Gasteiger partial charge in [0.2, 0.25) is 0 Å². The predicted octanol–water partition coefficient (Wildman–Crippen LogP) is 7.72. The maximum atomic E-state index is 14.0. The van der Waals surface area contributed by atoms with Crippen molar-refractivity contribution >= 4 is 11.6 Å². The van der Waals surface area contributed by atoms with Gasteiger partial charge in [-0.25, -0.2) is 0 Å². The number of hydrogen-bond acceptors (Lipinski definition) is 5. The van der Waals surface area contributed by atoms with Gasteiger partial charge in [-0.2, -0.15) is 44.3 Å². The van der Waals surface area contributed by atoms with Gasteiger partial charge in [0.1, 0.15) is 0 Å². The monoisotopic (exact) mass is 620 g/mol. The van der Waals surface area contributed by atoms with Crippen molar-refractivity contribution in [1.82, 2.24) is 20.2 Å². The normalized spacial score (nSPS) is 18.3. The first-order chi connectivity index (χ1) is 20.0. The number of tetrazole rings is 1. The minimum absolute atomic E-state index is 0.0489. The summed E-state index contributed by atoms with van der Waals surface area (Å²) in [6.45, 7) is 1.83. The Morgan fingerprint density at radius 2 is 1.49 bits per heavy atom. The van der Waals surface area contributed by atoms with Gasteiger partial charge in [0.25, 0.3) is 5.95 Å². The molecule has 5 rings (SSSR count). The smallest absolute Gasteiger partial charge is 0.371 e. The highest BCUT2D eigenvalue weighted by atomic mass is 19.4. The molecular formula is C28H29F9N6. The molecule has 0 bridgehead atoms. The lowest BCUT2D eigenvalue weighted by molar-refractivity contribution is -0.143. The number of benzene rings is 2. The van der Waals surface area contributed by atoms with E-state index < -0.39 is 47.8 Å². The van der Waals surface area contributed by atoms with E-state index in [9.17, 15) is 39.5 Å². The van der Waals surface area contributed by atoms with Crippen molar-refractivity contribution in [2.24, 2.45) is 13.0 Å². The van der Waals surface area contributed by atoms with Crippen LogP contribution in [-0.2, 0) is 32.1 Å². The number of aryl methyl sites for hydroxylation is 2. The van der Waals surface area contributed by atoms with Gasteiger partial charge in [-0.3, -0.25) is 0 Å². The second-order valence-corrected chi connectivity index (χ2v) is 11.2. The Balaban J connectivity index is 1.65. The number of hydrogen-bond donors (Lipinski definition) is 0. The predicted molar refractivity (Wildman–Crippen MR) is 139 cm³/mol. The van der Waals surface area contributed by atoms with E-state index in [1.165, 1.54) is 24.9 Å². The summed E-state index contributed by atoms with van der Waals surface area (Å²) >= 11 is 0. The van der Waals surface area contributed by atoms with E-state index in [0.717, 1.165) is 30.1 Å². The molecule has 6 nitrogen and oxygen atoms in total. The van der Waals surface area contributed by atoms with Crippen LogP contribution in [0.1, 0.15) is 71.5 Å². The second kappa shape index (κ2) is 11.2. The van der Waals surface area contributed by atoms with Gasteiger partial charge in [0.15, 0.2) is 0 Å². The second-order valence-electron chi connectivity index (χ2n) is 11.2. The van der Waals surface area contributed by atoms with Crippen molar-refractivity contribution in [2.45, 2.75) is 70.1 Å². The summed E-state index contributed by atoms with van der Waals surface area (Å²) in [4.78, 5) is 4.44. The Morgan fingerprint density at radius 3 is 2.00 bits per heavy atom.